The molecule has 0 radical (unpaired) electrons. The van der Waals surface area contributed by atoms with E-state index in [0.29, 0.717) is 24.0 Å². The maximum atomic E-state index is 13.8. The smallest absolute Gasteiger partial charge is 0.250 e. The minimum atomic E-state index is -0.356. The fourth-order valence-corrected chi connectivity index (χ4v) is 3.12. The highest BCUT2D eigenvalue weighted by molar-refractivity contribution is 5.53. The van der Waals surface area contributed by atoms with Crippen molar-refractivity contribution in [3.8, 4) is 11.5 Å². The monoisotopic (exact) mass is 338 g/mol. The van der Waals surface area contributed by atoms with Crippen LogP contribution in [0.1, 0.15) is 12.3 Å². The van der Waals surface area contributed by atoms with E-state index in [0.717, 1.165) is 25.2 Å². The van der Waals surface area contributed by atoms with Gasteiger partial charge in [0.2, 0.25) is 5.89 Å². The summed E-state index contributed by atoms with van der Waals surface area (Å²) < 4.78 is 19.4. The number of nitrogens with zero attached hydrogens (tertiary/aromatic N) is 3. The summed E-state index contributed by atoms with van der Waals surface area (Å²) >= 11 is 0. The Hall–Kier alpha value is -2.73. The van der Waals surface area contributed by atoms with E-state index >= 15 is 0 Å². The van der Waals surface area contributed by atoms with Gasteiger partial charge in [-0.1, -0.05) is 30.3 Å². The van der Waals surface area contributed by atoms with E-state index in [1.807, 2.05) is 18.2 Å². The largest absolute Gasteiger partial charge is 0.419 e. The van der Waals surface area contributed by atoms with Gasteiger partial charge in [-0.05, 0) is 30.7 Å². The molecule has 128 valence electrons. The number of aromatic nitrogens is 2. The molecular formula is C19H19FN4O. The third-order valence-corrected chi connectivity index (χ3v) is 4.35. The quantitative estimate of drug-likeness (QED) is 0.771. The zero-order chi connectivity index (χ0) is 17.1. The molecule has 1 aliphatic rings. The van der Waals surface area contributed by atoms with Crippen molar-refractivity contribution in [1.29, 1.82) is 0 Å². The average Bonchev–Trinajstić information content (AvgIpc) is 3.26. The first-order valence-electron chi connectivity index (χ1n) is 8.39. The fraction of sp³-hybridized carbons (Fsp3) is 0.263. The summed E-state index contributed by atoms with van der Waals surface area (Å²) in [5.74, 6) is 0.385. The van der Waals surface area contributed by atoms with E-state index < -0.39 is 0 Å². The van der Waals surface area contributed by atoms with Gasteiger partial charge in [0, 0.05) is 24.8 Å². The SMILES string of the molecule is Fc1ccccc1-c1nnc(CN2CC[C@@H](Nc3ccccc3)C2)o1. The van der Waals surface area contributed by atoms with Crippen molar-refractivity contribution in [2.75, 3.05) is 18.4 Å². The number of benzene rings is 2. The lowest BCUT2D eigenvalue weighted by Crippen LogP contribution is -2.26. The van der Waals surface area contributed by atoms with E-state index in [1.54, 1.807) is 18.2 Å². The molecule has 3 aromatic rings. The molecule has 1 atom stereocenters. The second kappa shape index (κ2) is 7.03. The minimum absolute atomic E-state index is 0.228. The Morgan fingerprint density at radius 3 is 2.72 bits per heavy atom. The molecule has 25 heavy (non-hydrogen) atoms. The zero-order valence-electron chi connectivity index (χ0n) is 13.7. The molecule has 1 saturated heterocycles. The van der Waals surface area contributed by atoms with Crippen LogP contribution in [0, 0.1) is 5.82 Å². The minimum Gasteiger partial charge on any atom is -0.419 e. The van der Waals surface area contributed by atoms with Gasteiger partial charge in [-0.25, -0.2) is 4.39 Å². The second-order valence-electron chi connectivity index (χ2n) is 6.21. The number of halogens is 1. The van der Waals surface area contributed by atoms with Gasteiger partial charge in [0.05, 0.1) is 12.1 Å². The fourth-order valence-electron chi connectivity index (χ4n) is 3.12. The molecular weight excluding hydrogens is 319 g/mol. The molecule has 0 saturated carbocycles. The van der Waals surface area contributed by atoms with Crippen LogP contribution in [0.15, 0.2) is 59.0 Å². The van der Waals surface area contributed by atoms with Crippen molar-refractivity contribution >= 4 is 5.69 Å². The van der Waals surface area contributed by atoms with Gasteiger partial charge in [0.25, 0.3) is 5.89 Å². The van der Waals surface area contributed by atoms with Gasteiger partial charge in [-0.2, -0.15) is 0 Å². The Kier molecular flexibility index (Phi) is 4.43. The maximum absolute atomic E-state index is 13.8. The molecule has 5 nitrogen and oxygen atoms in total. The average molecular weight is 338 g/mol. The van der Waals surface area contributed by atoms with Crippen molar-refractivity contribution in [1.82, 2.24) is 15.1 Å². The molecule has 0 unspecified atom stereocenters. The lowest BCUT2D eigenvalue weighted by atomic mass is 10.2. The molecule has 0 amide bonds. The summed E-state index contributed by atoms with van der Waals surface area (Å²) in [4.78, 5) is 2.26. The van der Waals surface area contributed by atoms with Crippen molar-refractivity contribution in [3.63, 3.8) is 0 Å². The van der Waals surface area contributed by atoms with Crippen LogP contribution in [0.2, 0.25) is 0 Å². The third kappa shape index (κ3) is 3.69. The summed E-state index contributed by atoms with van der Waals surface area (Å²) in [5, 5.41) is 11.6. The lowest BCUT2D eigenvalue weighted by Gasteiger charge is -2.15. The first-order chi connectivity index (χ1) is 12.3. The van der Waals surface area contributed by atoms with Gasteiger partial charge in [-0.15, -0.1) is 10.2 Å². The van der Waals surface area contributed by atoms with Crippen LogP contribution < -0.4 is 5.32 Å². The number of nitrogens with one attached hydrogen (secondary N) is 1. The predicted octanol–water partition coefficient (Wildman–Crippen LogP) is 3.56. The predicted molar refractivity (Wildman–Crippen MR) is 93.4 cm³/mol. The van der Waals surface area contributed by atoms with Crippen LogP contribution in [-0.2, 0) is 6.54 Å². The normalized spacial score (nSPS) is 17.7. The van der Waals surface area contributed by atoms with Crippen molar-refractivity contribution in [2.24, 2.45) is 0 Å². The van der Waals surface area contributed by atoms with Crippen LogP contribution in [-0.4, -0.2) is 34.2 Å². The standard InChI is InChI=1S/C19H19FN4O/c20-17-9-5-4-8-16(17)19-23-22-18(25-19)13-24-11-10-15(12-24)21-14-6-2-1-3-7-14/h1-9,15,21H,10-13H2/t15-/m1/s1. The summed E-state index contributed by atoms with van der Waals surface area (Å²) in [6.07, 6.45) is 1.06. The van der Waals surface area contributed by atoms with Crippen molar-refractivity contribution < 1.29 is 8.81 Å². The number of hydrogen-bond donors (Lipinski definition) is 1. The van der Waals surface area contributed by atoms with Gasteiger partial charge in [-0.3, -0.25) is 4.90 Å². The summed E-state index contributed by atoms with van der Waals surface area (Å²) in [7, 11) is 0. The Morgan fingerprint density at radius 1 is 1.08 bits per heavy atom. The van der Waals surface area contributed by atoms with Crippen molar-refractivity contribution in [3.05, 3.63) is 66.3 Å². The van der Waals surface area contributed by atoms with Crippen LogP contribution in [0.5, 0.6) is 0 Å². The molecule has 2 aromatic carbocycles. The Morgan fingerprint density at radius 2 is 1.88 bits per heavy atom. The number of rotatable bonds is 5. The van der Waals surface area contributed by atoms with Gasteiger partial charge < -0.3 is 9.73 Å². The molecule has 0 aliphatic carbocycles. The van der Waals surface area contributed by atoms with E-state index in [1.165, 1.54) is 6.07 Å². The van der Waals surface area contributed by atoms with E-state index in [2.05, 4.69) is 32.5 Å². The van der Waals surface area contributed by atoms with E-state index in [4.69, 9.17) is 4.42 Å². The first-order valence-corrected chi connectivity index (χ1v) is 8.39. The summed E-state index contributed by atoms with van der Waals surface area (Å²) in [5.41, 5.74) is 1.47. The number of hydrogen-bond acceptors (Lipinski definition) is 5. The highest BCUT2D eigenvalue weighted by Gasteiger charge is 2.24. The Labute approximate surface area is 145 Å². The number of likely N-dealkylation sites (tertiary alicyclic amines) is 1. The summed E-state index contributed by atoms with van der Waals surface area (Å²) in [6, 6.07) is 17.0. The molecule has 2 heterocycles. The van der Waals surface area contributed by atoms with E-state index in [9.17, 15) is 4.39 Å². The van der Waals surface area contributed by atoms with Crippen LogP contribution in [0.25, 0.3) is 11.5 Å². The van der Waals surface area contributed by atoms with Gasteiger partial charge in [0.1, 0.15) is 5.82 Å². The Balaban J connectivity index is 1.37. The van der Waals surface area contributed by atoms with Crippen molar-refractivity contribution in [2.45, 2.75) is 19.0 Å². The van der Waals surface area contributed by atoms with Gasteiger partial charge in [0.15, 0.2) is 0 Å². The summed E-state index contributed by atoms with van der Waals surface area (Å²) in [6.45, 7) is 2.45. The molecule has 1 N–H and O–H groups in total. The zero-order valence-corrected chi connectivity index (χ0v) is 13.7. The van der Waals surface area contributed by atoms with Crippen LogP contribution in [0.4, 0.5) is 10.1 Å². The van der Waals surface area contributed by atoms with Crippen LogP contribution >= 0.6 is 0 Å². The maximum Gasteiger partial charge on any atom is 0.250 e. The molecule has 0 spiro atoms. The highest BCUT2D eigenvalue weighted by atomic mass is 19.1. The molecule has 1 fully saturated rings. The first kappa shape index (κ1) is 15.8. The molecule has 1 aliphatic heterocycles. The molecule has 1 aromatic heterocycles. The Bertz CT molecular complexity index is 836. The lowest BCUT2D eigenvalue weighted by molar-refractivity contribution is 0.290. The van der Waals surface area contributed by atoms with Gasteiger partial charge >= 0.3 is 0 Å². The molecule has 0 bridgehead atoms. The second-order valence-corrected chi connectivity index (χ2v) is 6.21. The molecule has 4 rings (SSSR count). The highest BCUT2D eigenvalue weighted by Crippen LogP contribution is 2.22. The van der Waals surface area contributed by atoms with Crippen LogP contribution in [0.3, 0.4) is 0 Å². The topological polar surface area (TPSA) is 54.2 Å². The molecule has 6 heteroatoms. The van der Waals surface area contributed by atoms with E-state index in [-0.39, 0.29) is 11.7 Å². The number of anilines is 1. The third-order valence-electron chi connectivity index (χ3n) is 4.35. The number of para-hydroxylation sites is 1.